The van der Waals surface area contributed by atoms with E-state index in [-0.39, 0.29) is 0 Å². The number of hydrogen-bond acceptors (Lipinski definition) is 1. The maximum atomic E-state index is 4.21. The SMILES string of the molecule is CC(CCCCCCS)C(C)(C)C. The fourth-order valence-corrected chi connectivity index (χ4v) is 1.57. The molecule has 0 saturated carbocycles. The topological polar surface area (TPSA) is 0 Å². The fraction of sp³-hybridized carbons (Fsp3) is 1.00. The highest BCUT2D eigenvalue weighted by Crippen LogP contribution is 2.29. The second-order valence-electron chi connectivity index (χ2n) is 5.19. The first kappa shape index (κ1) is 13.4. The number of thiol groups is 1. The molecule has 0 aromatic heterocycles. The van der Waals surface area contributed by atoms with E-state index in [1.807, 2.05) is 0 Å². The van der Waals surface area contributed by atoms with E-state index in [4.69, 9.17) is 0 Å². The minimum absolute atomic E-state index is 0.490. The van der Waals surface area contributed by atoms with Crippen LogP contribution in [0.25, 0.3) is 0 Å². The molecule has 0 aromatic rings. The van der Waals surface area contributed by atoms with Crippen molar-refractivity contribution in [1.29, 1.82) is 0 Å². The molecule has 0 fully saturated rings. The van der Waals surface area contributed by atoms with Gasteiger partial charge in [0.15, 0.2) is 0 Å². The number of rotatable bonds is 6. The van der Waals surface area contributed by atoms with Gasteiger partial charge < -0.3 is 0 Å². The van der Waals surface area contributed by atoms with Gasteiger partial charge in [-0.3, -0.25) is 0 Å². The first-order valence-corrected chi connectivity index (χ1v) is 6.22. The van der Waals surface area contributed by atoms with Crippen LogP contribution in [0.3, 0.4) is 0 Å². The van der Waals surface area contributed by atoms with E-state index >= 15 is 0 Å². The lowest BCUT2D eigenvalue weighted by molar-refractivity contribution is 0.241. The van der Waals surface area contributed by atoms with E-state index in [1.165, 1.54) is 32.1 Å². The standard InChI is InChI=1S/C12H26S/c1-11(12(2,3)4)9-7-5-6-8-10-13/h11,13H,5-10H2,1-4H3. The molecule has 0 aliphatic heterocycles. The summed E-state index contributed by atoms with van der Waals surface area (Å²) < 4.78 is 0. The van der Waals surface area contributed by atoms with Crippen LogP contribution in [0.15, 0.2) is 0 Å². The predicted octanol–water partition coefficient (Wildman–Crippen LogP) is 4.55. The smallest absolute Gasteiger partial charge is 0.00979 e. The summed E-state index contributed by atoms with van der Waals surface area (Å²) in [5, 5.41) is 0. The Morgan fingerprint density at radius 3 is 2.00 bits per heavy atom. The van der Waals surface area contributed by atoms with Gasteiger partial charge in [-0.15, -0.1) is 0 Å². The zero-order chi connectivity index (χ0) is 10.3. The molecule has 1 atom stereocenters. The van der Waals surface area contributed by atoms with Gasteiger partial charge in [-0.2, -0.15) is 12.6 Å². The molecule has 0 amide bonds. The highest BCUT2D eigenvalue weighted by Gasteiger charge is 2.18. The normalized spacial score (nSPS) is 14.5. The third-order valence-corrected chi connectivity index (χ3v) is 3.34. The van der Waals surface area contributed by atoms with Crippen molar-refractivity contribution < 1.29 is 0 Å². The molecular formula is C12H26S. The van der Waals surface area contributed by atoms with E-state index in [0.29, 0.717) is 5.41 Å². The maximum Gasteiger partial charge on any atom is -0.00979 e. The van der Waals surface area contributed by atoms with Crippen LogP contribution in [0.2, 0.25) is 0 Å². The van der Waals surface area contributed by atoms with Crippen molar-refractivity contribution in [1.82, 2.24) is 0 Å². The third-order valence-electron chi connectivity index (χ3n) is 3.02. The summed E-state index contributed by atoms with van der Waals surface area (Å²) in [6, 6.07) is 0. The molecule has 80 valence electrons. The molecule has 1 unspecified atom stereocenters. The molecule has 0 spiro atoms. The highest BCUT2D eigenvalue weighted by molar-refractivity contribution is 7.80. The van der Waals surface area contributed by atoms with E-state index in [2.05, 4.69) is 40.3 Å². The molecule has 0 nitrogen and oxygen atoms in total. The summed E-state index contributed by atoms with van der Waals surface area (Å²) >= 11 is 4.21. The van der Waals surface area contributed by atoms with Gasteiger partial charge in [0.05, 0.1) is 0 Å². The van der Waals surface area contributed by atoms with Crippen LogP contribution in [0.1, 0.15) is 59.8 Å². The van der Waals surface area contributed by atoms with Crippen LogP contribution in [-0.4, -0.2) is 5.75 Å². The molecule has 0 radical (unpaired) electrons. The molecule has 0 saturated heterocycles. The Kier molecular flexibility index (Phi) is 6.93. The van der Waals surface area contributed by atoms with Crippen molar-refractivity contribution >= 4 is 12.6 Å². The summed E-state index contributed by atoms with van der Waals surface area (Å²) in [5.41, 5.74) is 0.490. The summed E-state index contributed by atoms with van der Waals surface area (Å²) in [5.74, 6) is 1.90. The average molecular weight is 202 g/mol. The van der Waals surface area contributed by atoms with E-state index < -0.39 is 0 Å². The van der Waals surface area contributed by atoms with Crippen molar-refractivity contribution in [3.8, 4) is 0 Å². The van der Waals surface area contributed by atoms with Gasteiger partial charge in [0.1, 0.15) is 0 Å². The molecule has 0 N–H and O–H groups in total. The second kappa shape index (κ2) is 6.75. The molecule has 1 heteroatoms. The van der Waals surface area contributed by atoms with Gasteiger partial charge in [0.25, 0.3) is 0 Å². The van der Waals surface area contributed by atoms with Gasteiger partial charge in [0.2, 0.25) is 0 Å². The van der Waals surface area contributed by atoms with Crippen molar-refractivity contribution in [3.05, 3.63) is 0 Å². The lowest BCUT2D eigenvalue weighted by Gasteiger charge is -2.27. The Hall–Kier alpha value is 0.350. The Labute approximate surface area is 89.9 Å². The number of unbranched alkanes of at least 4 members (excludes halogenated alkanes) is 3. The van der Waals surface area contributed by atoms with Crippen molar-refractivity contribution in [3.63, 3.8) is 0 Å². The maximum absolute atomic E-state index is 4.21. The molecule has 13 heavy (non-hydrogen) atoms. The largest absolute Gasteiger partial charge is 0.179 e. The van der Waals surface area contributed by atoms with Crippen molar-refractivity contribution in [2.24, 2.45) is 11.3 Å². The summed E-state index contributed by atoms with van der Waals surface area (Å²) in [7, 11) is 0. The monoisotopic (exact) mass is 202 g/mol. The molecule has 0 rings (SSSR count). The van der Waals surface area contributed by atoms with E-state index in [1.54, 1.807) is 0 Å². The Bertz CT molecular complexity index is 113. The average Bonchev–Trinajstić information content (AvgIpc) is 2.02. The van der Waals surface area contributed by atoms with Crippen LogP contribution in [0.5, 0.6) is 0 Å². The van der Waals surface area contributed by atoms with Crippen molar-refractivity contribution in [2.45, 2.75) is 59.8 Å². The van der Waals surface area contributed by atoms with Crippen LogP contribution in [-0.2, 0) is 0 Å². The van der Waals surface area contributed by atoms with E-state index in [0.717, 1.165) is 11.7 Å². The van der Waals surface area contributed by atoms with Gasteiger partial charge in [-0.25, -0.2) is 0 Å². The summed E-state index contributed by atoms with van der Waals surface area (Å²) in [6.07, 6.45) is 6.82. The summed E-state index contributed by atoms with van der Waals surface area (Å²) in [6.45, 7) is 9.39. The Morgan fingerprint density at radius 1 is 1.00 bits per heavy atom. The van der Waals surface area contributed by atoms with Crippen LogP contribution >= 0.6 is 12.6 Å². The molecule has 0 bridgehead atoms. The Balaban J connectivity index is 3.32. The zero-order valence-electron chi connectivity index (χ0n) is 9.77. The third kappa shape index (κ3) is 7.42. The van der Waals surface area contributed by atoms with Gasteiger partial charge >= 0.3 is 0 Å². The van der Waals surface area contributed by atoms with Gasteiger partial charge in [0, 0.05) is 0 Å². The van der Waals surface area contributed by atoms with Crippen LogP contribution < -0.4 is 0 Å². The molecular weight excluding hydrogens is 176 g/mol. The predicted molar refractivity (Wildman–Crippen MR) is 65.6 cm³/mol. The molecule has 0 aromatic carbocycles. The zero-order valence-corrected chi connectivity index (χ0v) is 10.7. The molecule has 0 heterocycles. The van der Waals surface area contributed by atoms with E-state index in [9.17, 15) is 0 Å². The second-order valence-corrected chi connectivity index (χ2v) is 5.64. The lowest BCUT2D eigenvalue weighted by Crippen LogP contribution is -2.16. The fourth-order valence-electron chi connectivity index (χ4n) is 1.35. The molecule has 0 aliphatic rings. The quantitative estimate of drug-likeness (QED) is 0.474. The Morgan fingerprint density at radius 2 is 1.54 bits per heavy atom. The number of hydrogen-bond donors (Lipinski definition) is 1. The first-order chi connectivity index (χ1) is 5.98. The minimum Gasteiger partial charge on any atom is -0.179 e. The van der Waals surface area contributed by atoms with Gasteiger partial charge in [-0.1, -0.05) is 53.4 Å². The van der Waals surface area contributed by atoms with Crippen LogP contribution in [0.4, 0.5) is 0 Å². The minimum atomic E-state index is 0.490. The van der Waals surface area contributed by atoms with Crippen LogP contribution in [0, 0.1) is 11.3 Å². The lowest BCUT2D eigenvalue weighted by atomic mass is 9.79. The highest BCUT2D eigenvalue weighted by atomic mass is 32.1. The van der Waals surface area contributed by atoms with Crippen molar-refractivity contribution in [2.75, 3.05) is 5.75 Å². The summed E-state index contributed by atoms with van der Waals surface area (Å²) in [4.78, 5) is 0. The first-order valence-electron chi connectivity index (χ1n) is 5.59. The van der Waals surface area contributed by atoms with Gasteiger partial charge in [-0.05, 0) is 23.5 Å². The molecule has 0 aliphatic carbocycles.